The molecule has 1 N–H and O–H groups in total. The third-order valence-electron chi connectivity index (χ3n) is 8.35. The first-order valence-electron chi connectivity index (χ1n) is 12.6. The van der Waals surface area contributed by atoms with Gasteiger partial charge in [-0.05, 0) is 62.4 Å². The second-order valence-electron chi connectivity index (χ2n) is 10.3. The monoisotopic (exact) mass is 450 g/mol. The highest BCUT2D eigenvalue weighted by atomic mass is 16.7. The third kappa shape index (κ3) is 4.01. The van der Waals surface area contributed by atoms with E-state index in [0.717, 1.165) is 19.5 Å². The van der Waals surface area contributed by atoms with Crippen LogP contribution >= 0.6 is 0 Å². The van der Waals surface area contributed by atoms with Gasteiger partial charge in [-0.1, -0.05) is 19.3 Å². The molecule has 4 atom stereocenters. The van der Waals surface area contributed by atoms with Crippen molar-refractivity contribution in [2.24, 2.45) is 13.0 Å². The summed E-state index contributed by atoms with van der Waals surface area (Å²) in [5.41, 5.74) is 3.35. The van der Waals surface area contributed by atoms with E-state index >= 15 is 0 Å². The number of benzene rings is 1. The van der Waals surface area contributed by atoms with E-state index in [1.165, 1.54) is 49.9 Å². The van der Waals surface area contributed by atoms with E-state index in [0.29, 0.717) is 47.4 Å². The molecular formula is C26H34N4O3. The first kappa shape index (κ1) is 21.0. The molecule has 1 amide bonds. The number of aromatic nitrogens is 2. The molecule has 5 heterocycles. The van der Waals surface area contributed by atoms with Crippen LogP contribution in [0.5, 0.6) is 11.5 Å². The minimum Gasteiger partial charge on any atom is -0.454 e. The van der Waals surface area contributed by atoms with Crippen LogP contribution in [-0.2, 0) is 7.05 Å². The van der Waals surface area contributed by atoms with Crippen molar-refractivity contribution in [1.29, 1.82) is 0 Å². The van der Waals surface area contributed by atoms with Gasteiger partial charge < -0.3 is 14.8 Å². The molecule has 176 valence electrons. The Balaban J connectivity index is 1.09. The maximum absolute atomic E-state index is 12.7. The number of hydrogen-bond donors (Lipinski definition) is 1. The standard InChI is InChI=1S/C26H34N4O3/c1-29-23(13-22(28-29)17-5-3-2-4-6-17)21-15-30-10-9-18(21)11-20(30)14-27-26(31)19-7-8-24-25(12-19)33-16-32-24/h7-8,12-13,17-18,20-21H,2-6,9-11,14-16H2,1H3,(H,27,31)/t18-,20+,21-/m0/s1. The number of rotatable bonds is 5. The number of carbonyl (C=O) groups excluding carboxylic acids is 1. The fourth-order valence-corrected chi connectivity index (χ4v) is 6.49. The van der Waals surface area contributed by atoms with Crippen LogP contribution in [0.2, 0.25) is 0 Å². The van der Waals surface area contributed by atoms with Gasteiger partial charge in [0.1, 0.15) is 0 Å². The number of nitrogens with zero attached hydrogens (tertiary/aromatic N) is 3. The normalized spacial score (nSPS) is 28.8. The number of piperidine rings is 3. The van der Waals surface area contributed by atoms with Crippen LogP contribution in [-0.4, -0.2) is 53.1 Å². The van der Waals surface area contributed by atoms with Crippen molar-refractivity contribution < 1.29 is 14.3 Å². The molecule has 4 aliphatic heterocycles. The van der Waals surface area contributed by atoms with Crippen LogP contribution in [0.15, 0.2) is 24.3 Å². The average molecular weight is 451 g/mol. The molecule has 3 saturated heterocycles. The average Bonchev–Trinajstić information content (AvgIpc) is 3.49. The Morgan fingerprint density at radius 2 is 1.97 bits per heavy atom. The number of amides is 1. The molecule has 7 rings (SSSR count). The second kappa shape index (κ2) is 8.67. The van der Waals surface area contributed by atoms with Crippen molar-refractivity contribution in [2.45, 2.75) is 62.8 Å². The third-order valence-corrected chi connectivity index (χ3v) is 8.35. The maximum Gasteiger partial charge on any atom is 0.251 e. The smallest absolute Gasteiger partial charge is 0.251 e. The highest BCUT2D eigenvalue weighted by Crippen LogP contribution is 2.43. The molecule has 33 heavy (non-hydrogen) atoms. The number of ether oxygens (including phenoxy) is 2. The molecule has 7 nitrogen and oxygen atoms in total. The van der Waals surface area contributed by atoms with Gasteiger partial charge in [-0.2, -0.15) is 5.10 Å². The van der Waals surface area contributed by atoms with E-state index in [-0.39, 0.29) is 12.7 Å². The van der Waals surface area contributed by atoms with E-state index in [1.54, 1.807) is 12.1 Å². The Bertz CT molecular complexity index is 1030. The number of hydrogen-bond acceptors (Lipinski definition) is 5. The van der Waals surface area contributed by atoms with Gasteiger partial charge in [-0.15, -0.1) is 0 Å². The number of fused-ring (bicyclic) bond motifs is 4. The van der Waals surface area contributed by atoms with E-state index in [2.05, 4.69) is 28.0 Å². The van der Waals surface area contributed by atoms with Crippen molar-refractivity contribution in [1.82, 2.24) is 20.0 Å². The first-order chi connectivity index (χ1) is 16.2. The van der Waals surface area contributed by atoms with Gasteiger partial charge in [0, 0.05) is 49.3 Å². The molecule has 1 unspecified atom stereocenters. The van der Waals surface area contributed by atoms with Crippen molar-refractivity contribution in [3.8, 4) is 11.5 Å². The molecule has 0 radical (unpaired) electrons. The molecule has 7 heteroatoms. The molecular weight excluding hydrogens is 416 g/mol. The topological polar surface area (TPSA) is 68.6 Å². The molecule has 2 bridgehead atoms. The molecule has 1 aromatic carbocycles. The summed E-state index contributed by atoms with van der Waals surface area (Å²) in [5.74, 6) is 3.17. The summed E-state index contributed by atoms with van der Waals surface area (Å²) in [5, 5.41) is 8.12. The number of aryl methyl sites for hydroxylation is 1. The predicted molar refractivity (Wildman–Crippen MR) is 125 cm³/mol. The van der Waals surface area contributed by atoms with Crippen LogP contribution in [0.4, 0.5) is 0 Å². The zero-order valence-corrected chi connectivity index (χ0v) is 19.5. The maximum atomic E-state index is 12.7. The molecule has 1 aliphatic carbocycles. The van der Waals surface area contributed by atoms with E-state index in [4.69, 9.17) is 14.6 Å². The van der Waals surface area contributed by atoms with Crippen LogP contribution in [0.3, 0.4) is 0 Å². The van der Waals surface area contributed by atoms with Crippen molar-refractivity contribution >= 4 is 5.91 Å². The molecule has 1 aromatic heterocycles. The lowest BCUT2D eigenvalue weighted by Crippen LogP contribution is -2.56. The Kier molecular flexibility index (Phi) is 5.52. The van der Waals surface area contributed by atoms with Crippen LogP contribution in [0, 0.1) is 5.92 Å². The van der Waals surface area contributed by atoms with Gasteiger partial charge in [-0.3, -0.25) is 14.4 Å². The van der Waals surface area contributed by atoms with E-state index in [9.17, 15) is 4.79 Å². The molecule has 1 saturated carbocycles. The Morgan fingerprint density at radius 3 is 2.79 bits per heavy atom. The van der Waals surface area contributed by atoms with Crippen molar-refractivity contribution in [3.63, 3.8) is 0 Å². The second-order valence-corrected chi connectivity index (χ2v) is 10.3. The molecule has 0 spiro atoms. The zero-order chi connectivity index (χ0) is 22.4. The highest BCUT2D eigenvalue weighted by Gasteiger charge is 2.42. The Hall–Kier alpha value is -2.54. The van der Waals surface area contributed by atoms with Gasteiger partial charge in [-0.25, -0.2) is 0 Å². The fourth-order valence-electron chi connectivity index (χ4n) is 6.49. The minimum atomic E-state index is -0.0451. The van der Waals surface area contributed by atoms with E-state index < -0.39 is 0 Å². The predicted octanol–water partition coefficient (Wildman–Crippen LogP) is 3.80. The van der Waals surface area contributed by atoms with Gasteiger partial charge in [0.25, 0.3) is 5.91 Å². The van der Waals surface area contributed by atoms with Crippen molar-refractivity contribution in [3.05, 3.63) is 41.2 Å². The van der Waals surface area contributed by atoms with Crippen LogP contribution < -0.4 is 14.8 Å². The van der Waals surface area contributed by atoms with Crippen molar-refractivity contribution in [2.75, 3.05) is 26.4 Å². The molecule has 4 fully saturated rings. The number of carbonyl (C=O) groups is 1. The lowest BCUT2D eigenvalue weighted by Gasteiger charge is -2.50. The summed E-state index contributed by atoms with van der Waals surface area (Å²) in [6.07, 6.45) is 9.02. The summed E-state index contributed by atoms with van der Waals surface area (Å²) in [6.45, 7) is 3.10. The number of nitrogens with one attached hydrogen (secondary N) is 1. The quantitative estimate of drug-likeness (QED) is 0.750. The summed E-state index contributed by atoms with van der Waals surface area (Å²) in [4.78, 5) is 15.3. The summed E-state index contributed by atoms with van der Waals surface area (Å²) in [6, 6.07) is 8.21. The minimum absolute atomic E-state index is 0.0451. The van der Waals surface area contributed by atoms with Gasteiger partial charge in [0.05, 0.1) is 5.69 Å². The van der Waals surface area contributed by atoms with Gasteiger partial charge in [0.15, 0.2) is 11.5 Å². The first-order valence-corrected chi connectivity index (χ1v) is 12.6. The fraction of sp³-hybridized carbons (Fsp3) is 0.615. The summed E-state index contributed by atoms with van der Waals surface area (Å²) >= 11 is 0. The SMILES string of the molecule is Cn1nc(C2CCCCC2)cc1[C@H]1CN2CC[C@H]1C[C@@H]2CNC(=O)c1ccc2c(c1)OCO2. The summed E-state index contributed by atoms with van der Waals surface area (Å²) < 4.78 is 12.9. The van der Waals surface area contributed by atoms with E-state index in [1.807, 2.05) is 6.07 Å². The van der Waals surface area contributed by atoms with Gasteiger partial charge in [0.2, 0.25) is 6.79 Å². The Morgan fingerprint density at radius 1 is 1.12 bits per heavy atom. The molecule has 2 aromatic rings. The largest absolute Gasteiger partial charge is 0.454 e. The molecule has 5 aliphatic rings. The van der Waals surface area contributed by atoms with Gasteiger partial charge >= 0.3 is 0 Å². The zero-order valence-electron chi connectivity index (χ0n) is 19.5. The highest BCUT2D eigenvalue weighted by molar-refractivity contribution is 5.94. The summed E-state index contributed by atoms with van der Waals surface area (Å²) in [7, 11) is 2.13. The lowest BCUT2D eigenvalue weighted by atomic mass is 9.74. The van der Waals surface area contributed by atoms with Crippen LogP contribution in [0.1, 0.15) is 78.5 Å². The Labute approximate surface area is 195 Å². The van der Waals surface area contributed by atoms with Crippen LogP contribution in [0.25, 0.3) is 0 Å². The lowest BCUT2D eigenvalue weighted by molar-refractivity contribution is 0.0280.